The molecule has 0 aliphatic heterocycles. The van der Waals surface area contributed by atoms with E-state index in [9.17, 15) is 10.2 Å². The summed E-state index contributed by atoms with van der Waals surface area (Å²) < 4.78 is 0. The summed E-state index contributed by atoms with van der Waals surface area (Å²) >= 11 is 12.0. The second kappa shape index (κ2) is 11.7. The van der Waals surface area contributed by atoms with Crippen molar-refractivity contribution in [2.75, 3.05) is 23.7 Å². The van der Waals surface area contributed by atoms with E-state index in [0.29, 0.717) is 27.1 Å². The van der Waals surface area contributed by atoms with Gasteiger partial charge in [-0.1, -0.05) is 23.2 Å². The van der Waals surface area contributed by atoms with Crippen LogP contribution in [0.3, 0.4) is 0 Å². The van der Waals surface area contributed by atoms with E-state index < -0.39 is 12.5 Å². The largest absolute Gasteiger partial charge is 0.374 e. The number of rotatable bonds is 10. The van der Waals surface area contributed by atoms with Crippen LogP contribution in [0.1, 0.15) is 25.0 Å². The van der Waals surface area contributed by atoms with Crippen molar-refractivity contribution in [3.05, 3.63) is 57.6 Å². The van der Waals surface area contributed by atoms with Gasteiger partial charge in [0.2, 0.25) is 0 Å². The van der Waals surface area contributed by atoms with Crippen LogP contribution in [0.15, 0.2) is 46.4 Å². The molecule has 0 fully saturated rings. The molecular formula is C21H25Cl2N5O2. The smallest absolute Gasteiger partial charge is 0.121 e. The van der Waals surface area contributed by atoms with E-state index in [1.165, 1.54) is 0 Å². The molecule has 0 saturated heterocycles. The van der Waals surface area contributed by atoms with E-state index in [0.717, 1.165) is 11.1 Å². The average Bonchev–Trinajstić information content (AvgIpc) is 2.64. The van der Waals surface area contributed by atoms with Gasteiger partial charge in [0, 0.05) is 45.0 Å². The number of aliphatic hydroxyl groups is 2. The summed E-state index contributed by atoms with van der Waals surface area (Å²) in [5.74, 6) is 0. The zero-order valence-electron chi connectivity index (χ0n) is 16.7. The van der Waals surface area contributed by atoms with E-state index in [4.69, 9.17) is 28.6 Å². The first-order chi connectivity index (χ1) is 14.2. The van der Waals surface area contributed by atoms with Crippen LogP contribution in [0.5, 0.6) is 0 Å². The first-order valence-corrected chi connectivity index (χ1v) is 10.0. The number of anilines is 2. The van der Waals surface area contributed by atoms with Crippen molar-refractivity contribution in [3.63, 3.8) is 0 Å². The minimum absolute atomic E-state index is 0.188. The highest BCUT2D eigenvalue weighted by atomic mass is 35.5. The third-order valence-electron chi connectivity index (χ3n) is 3.78. The molecule has 2 aromatic carbocycles. The Hall–Kier alpha value is -2.45. The predicted molar refractivity (Wildman–Crippen MR) is 126 cm³/mol. The lowest BCUT2D eigenvalue weighted by Gasteiger charge is -2.12. The lowest BCUT2D eigenvalue weighted by Crippen LogP contribution is -2.15. The molecule has 0 heterocycles. The Kier molecular flexibility index (Phi) is 9.26. The van der Waals surface area contributed by atoms with Crippen molar-refractivity contribution < 1.29 is 10.2 Å². The van der Waals surface area contributed by atoms with Gasteiger partial charge >= 0.3 is 0 Å². The Morgan fingerprint density at radius 2 is 1.30 bits per heavy atom. The number of nitrogens with zero attached hydrogens (tertiary/aromatic N) is 2. The molecule has 30 heavy (non-hydrogen) atoms. The standard InChI is InChI=1S/C21H25Cl2N5O2/c1-13(29)27-20-7-17(22)5-3-15(20)9-25-11-19(24)12-26-10-16-4-6-18(23)8-21(16)28-14(2)30/h3-10,13-14,24,27-30H,11-12H2,1-2H3. The van der Waals surface area contributed by atoms with Gasteiger partial charge in [-0.25, -0.2) is 0 Å². The fraction of sp³-hybridized carbons (Fsp3) is 0.286. The molecule has 2 aromatic rings. The van der Waals surface area contributed by atoms with E-state index in [-0.39, 0.29) is 13.1 Å². The van der Waals surface area contributed by atoms with Crippen molar-refractivity contribution in [1.29, 1.82) is 5.41 Å². The van der Waals surface area contributed by atoms with Crippen LogP contribution in [0.25, 0.3) is 0 Å². The maximum atomic E-state index is 9.53. The summed E-state index contributed by atoms with van der Waals surface area (Å²) in [7, 11) is 0. The molecule has 0 amide bonds. The molecule has 2 unspecified atom stereocenters. The number of hydrogen-bond donors (Lipinski definition) is 5. The summed E-state index contributed by atoms with van der Waals surface area (Å²) in [6.45, 7) is 3.59. The normalized spacial score (nSPS) is 13.5. The summed E-state index contributed by atoms with van der Waals surface area (Å²) in [6.07, 6.45) is 1.79. The molecule has 0 aliphatic carbocycles. The zero-order valence-corrected chi connectivity index (χ0v) is 18.2. The molecule has 5 N–H and O–H groups in total. The van der Waals surface area contributed by atoms with Crippen LogP contribution in [0, 0.1) is 5.41 Å². The van der Waals surface area contributed by atoms with E-state index in [1.807, 2.05) is 0 Å². The minimum atomic E-state index is -0.732. The van der Waals surface area contributed by atoms with Gasteiger partial charge in [0.1, 0.15) is 12.5 Å². The molecule has 0 aromatic heterocycles. The van der Waals surface area contributed by atoms with Crippen molar-refractivity contribution >= 4 is 52.7 Å². The van der Waals surface area contributed by atoms with E-state index >= 15 is 0 Å². The van der Waals surface area contributed by atoms with Gasteiger partial charge in [-0.3, -0.25) is 9.98 Å². The second-order valence-electron chi connectivity index (χ2n) is 6.65. The van der Waals surface area contributed by atoms with Gasteiger partial charge in [0.05, 0.1) is 18.8 Å². The van der Waals surface area contributed by atoms with Gasteiger partial charge in [-0.15, -0.1) is 0 Å². The highest BCUT2D eigenvalue weighted by molar-refractivity contribution is 6.31. The van der Waals surface area contributed by atoms with Gasteiger partial charge in [-0.05, 0) is 50.2 Å². The molecule has 0 bridgehead atoms. The van der Waals surface area contributed by atoms with Crippen molar-refractivity contribution in [2.24, 2.45) is 9.98 Å². The third kappa shape index (κ3) is 8.12. The molecule has 160 valence electrons. The van der Waals surface area contributed by atoms with Crippen LogP contribution < -0.4 is 10.6 Å². The number of aliphatic imine (C=N–C) groups is 2. The lowest BCUT2D eigenvalue weighted by atomic mass is 10.2. The van der Waals surface area contributed by atoms with Gasteiger partial charge in [-0.2, -0.15) is 0 Å². The van der Waals surface area contributed by atoms with Crippen LogP contribution in [-0.4, -0.2) is 53.9 Å². The van der Waals surface area contributed by atoms with E-state index in [1.54, 1.807) is 62.7 Å². The first-order valence-electron chi connectivity index (χ1n) is 9.29. The fourth-order valence-corrected chi connectivity index (χ4v) is 2.88. The van der Waals surface area contributed by atoms with E-state index in [2.05, 4.69) is 20.6 Å². The minimum Gasteiger partial charge on any atom is -0.374 e. The predicted octanol–water partition coefficient (Wildman–Crippen LogP) is 4.05. The van der Waals surface area contributed by atoms with Crippen LogP contribution in [0.2, 0.25) is 10.0 Å². The molecule has 2 rings (SSSR count). The number of nitrogens with one attached hydrogen (secondary N) is 3. The van der Waals surface area contributed by atoms with Crippen molar-refractivity contribution in [3.8, 4) is 0 Å². The maximum Gasteiger partial charge on any atom is 0.121 e. The third-order valence-corrected chi connectivity index (χ3v) is 4.25. The van der Waals surface area contributed by atoms with Gasteiger partial charge in [0.15, 0.2) is 0 Å². The topological polar surface area (TPSA) is 113 Å². The molecule has 0 spiro atoms. The first kappa shape index (κ1) is 23.8. The van der Waals surface area contributed by atoms with Crippen LogP contribution >= 0.6 is 23.2 Å². The Bertz CT molecular complexity index is 856. The number of hydrogen-bond acceptors (Lipinski definition) is 7. The lowest BCUT2D eigenvalue weighted by molar-refractivity contribution is 0.224. The summed E-state index contributed by atoms with van der Waals surface area (Å²) in [5, 5.41) is 34.0. The fourth-order valence-electron chi connectivity index (χ4n) is 2.54. The van der Waals surface area contributed by atoms with Crippen molar-refractivity contribution in [2.45, 2.75) is 26.3 Å². The average molecular weight is 450 g/mol. The highest BCUT2D eigenvalue weighted by Crippen LogP contribution is 2.21. The van der Waals surface area contributed by atoms with Crippen LogP contribution in [-0.2, 0) is 0 Å². The van der Waals surface area contributed by atoms with Crippen molar-refractivity contribution in [1.82, 2.24) is 0 Å². The number of benzene rings is 2. The molecular weight excluding hydrogens is 425 g/mol. The summed E-state index contributed by atoms with van der Waals surface area (Å²) in [6, 6.07) is 10.4. The van der Waals surface area contributed by atoms with Gasteiger partial charge in [0.25, 0.3) is 0 Å². The molecule has 9 heteroatoms. The van der Waals surface area contributed by atoms with Crippen LogP contribution in [0.4, 0.5) is 11.4 Å². The van der Waals surface area contributed by atoms with Gasteiger partial charge < -0.3 is 26.3 Å². The number of aliphatic hydroxyl groups excluding tert-OH is 2. The quantitative estimate of drug-likeness (QED) is 0.278. The molecule has 0 radical (unpaired) electrons. The second-order valence-corrected chi connectivity index (χ2v) is 7.52. The SMILES string of the molecule is CC(O)Nc1cc(Cl)ccc1C=NCC(=N)CN=Cc1ccc(Cl)cc1NC(C)O. The number of halogens is 2. The molecule has 2 atom stereocenters. The summed E-state index contributed by atoms with van der Waals surface area (Å²) in [4.78, 5) is 8.56. The molecule has 7 nitrogen and oxygen atoms in total. The Morgan fingerprint density at radius 3 is 1.67 bits per heavy atom. The Morgan fingerprint density at radius 1 is 0.900 bits per heavy atom. The Labute approximate surface area is 186 Å². The molecule has 0 saturated carbocycles. The maximum absolute atomic E-state index is 9.53. The Balaban J connectivity index is 1.96. The highest BCUT2D eigenvalue weighted by Gasteiger charge is 2.05. The monoisotopic (exact) mass is 449 g/mol. The summed E-state index contributed by atoms with van der Waals surface area (Å²) in [5.41, 5.74) is 3.16. The molecule has 0 aliphatic rings. The zero-order chi connectivity index (χ0) is 22.1.